The molecule has 6 heteroatoms. The van der Waals surface area contributed by atoms with Crippen LogP contribution in [0.2, 0.25) is 0 Å². The van der Waals surface area contributed by atoms with E-state index in [1.807, 2.05) is 6.07 Å². The van der Waals surface area contributed by atoms with Crippen LogP contribution in [0, 0.1) is 0 Å². The Labute approximate surface area is 114 Å². The molecular formula is C13H22N4O2. The molecule has 1 rings (SSSR count). The predicted octanol–water partition coefficient (Wildman–Crippen LogP) is 1.69. The Morgan fingerprint density at radius 3 is 2.53 bits per heavy atom. The Hall–Kier alpha value is -1.85. The highest BCUT2D eigenvalue weighted by atomic mass is 16.5. The number of aromatic nitrogens is 2. The van der Waals surface area contributed by atoms with Crippen molar-refractivity contribution in [2.45, 2.75) is 33.2 Å². The smallest absolute Gasteiger partial charge is 0.330 e. The minimum atomic E-state index is -0.830. The fraction of sp³-hybridized carbons (Fsp3) is 0.615. The average molecular weight is 266 g/mol. The van der Waals surface area contributed by atoms with Crippen LogP contribution in [0.3, 0.4) is 0 Å². The van der Waals surface area contributed by atoms with Gasteiger partial charge in [0.15, 0.2) is 0 Å². The van der Waals surface area contributed by atoms with E-state index in [1.54, 1.807) is 13.8 Å². The molecule has 1 N–H and O–H groups in total. The highest BCUT2D eigenvalue weighted by molar-refractivity contribution is 5.83. The molecule has 0 saturated carbocycles. The molecule has 0 spiro atoms. The minimum absolute atomic E-state index is 0.337. The van der Waals surface area contributed by atoms with Crippen molar-refractivity contribution in [3.05, 3.63) is 12.4 Å². The first-order chi connectivity index (χ1) is 8.94. The van der Waals surface area contributed by atoms with Crippen LogP contribution in [0.15, 0.2) is 12.4 Å². The predicted molar refractivity (Wildman–Crippen MR) is 75.3 cm³/mol. The van der Waals surface area contributed by atoms with Gasteiger partial charge in [-0.1, -0.05) is 0 Å². The van der Waals surface area contributed by atoms with Crippen LogP contribution < -0.4 is 10.2 Å². The maximum Gasteiger partial charge on any atom is 0.330 e. The van der Waals surface area contributed by atoms with Crippen molar-refractivity contribution in [1.82, 2.24) is 9.97 Å². The fourth-order valence-corrected chi connectivity index (χ4v) is 1.76. The van der Waals surface area contributed by atoms with Gasteiger partial charge in [-0.2, -0.15) is 0 Å². The number of nitrogens with one attached hydrogen (secondary N) is 1. The van der Waals surface area contributed by atoms with Gasteiger partial charge in [-0.05, 0) is 27.7 Å². The number of anilines is 2. The summed E-state index contributed by atoms with van der Waals surface area (Å²) >= 11 is 0. The topological polar surface area (TPSA) is 67.4 Å². The molecule has 0 aliphatic rings. The summed E-state index contributed by atoms with van der Waals surface area (Å²) in [6.45, 7) is 9.37. The van der Waals surface area contributed by atoms with Crippen molar-refractivity contribution < 1.29 is 9.53 Å². The zero-order chi connectivity index (χ0) is 14.5. The van der Waals surface area contributed by atoms with E-state index in [1.165, 1.54) is 13.4 Å². The third-order valence-electron chi connectivity index (χ3n) is 2.88. The molecule has 0 atom stereocenters. The number of esters is 1. The van der Waals surface area contributed by atoms with E-state index >= 15 is 0 Å². The fourth-order valence-electron chi connectivity index (χ4n) is 1.76. The van der Waals surface area contributed by atoms with E-state index in [-0.39, 0.29) is 5.97 Å². The number of methoxy groups -OCH3 is 1. The monoisotopic (exact) mass is 266 g/mol. The quantitative estimate of drug-likeness (QED) is 0.790. The molecule has 0 aromatic carbocycles. The lowest BCUT2D eigenvalue weighted by atomic mass is 10.1. The zero-order valence-electron chi connectivity index (χ0n) is 12.2. The Morgan fingerprint density at radius 1 is 1.37 bits per heavy atom. The van der Waals surface area contributed by atoms with Gasteiger partial charge in [-0.25, -0.2) is 14.8 Å². The van der Waals surface area contributed by atoms with E-state index < -0.39 is 5.54 Å². The molecule has 1 aromatic rings. The van der Waals surface area contributed by atoms with Crippen molar-refractivity contribution in [3.8, 4) is 0 Å². The number of carbonyl (C=O) groups is 1. The van der Waals surface area contributed by atoms with Gasteiger partial charge in [-0.3, -0.25) is 0 Å². The summed E-state index contributed by atoms with van der Waals surface area (Å²) in [5.74, 6) is 1.10. The maximum atomic E-state index is 11.6. The number of rotatable bonds is 6. The van der Waals surface area contributed by atoms with E-state index in [2.05, 4.69) is 34.0 Å². The van der Waals surface area contributed by atoms with Crippen LogP contribution in [0.5, 0.6) is 0 Å². The lowest BCUT2D eigenvalue weighted by molar-refractivity contribution is -0.144. The van der Waals surface area contributed by atoms with E-state index in [4.69, 9.17) is 4.74 Å². The second-order valence-corrected chi connectivity index (χ2v) is 4.68. The molecular weight excluding hydrogens is 244 g/mol. The first kappa shape index (κ1) is 15.2. The van der Waals surface area contributed by atoms with Crippen molar-refractivity contribution >= 4 is 17.6 Å². The molecule has 0 unspecified atom stereocenters. The van der Waals surface area contributed by atoms with Crippen molar-refractivity contribution in [1.29, 1.82) is 0 Å². The van der Waals surface area contributed by atoms with Gasteiger partial charge in [0.25, 0.3) is 0 Å². The Kier molecular flexibility index (Phi) is 5.09. The van der Waals surface area contributed by atoms with Crippen LogP contribution in [-0.4, -0.2) is 41.7 Å². The van der Waals surface area contributed by atoms with Crippen molar-refractivity contribution in [2.24, 2.45) is 0 Å². The number of hydrogen-bond acceptors (Lipinski definition) is 6. The molecule has 0 amide bonds. The molecule has 0 bridgehead atoms. The van der Waals surface area contributed by atoms with Crippen LogP contribution in [-0.2, 0) is 9.53 Å². The summed E-state index contributed by atoms with van der Waals surface area (Å²) < 4.78 is 4.75. The lowest BCUT2D eigenvalue weighted by Crippen LogP contribution is -2.41. The minimum Gasteiger partial charge on any atom is -0.467 e. The van der Waals surface area contributed by atoms with Crippen LogP contribution in [0.4, 0.5) is 11.6 Å². The van der Waals surface area contributed by atoms with Gasteiger partial charge in [0, 0.05) is 19.2 Å². The van der Waals surface area contributed by atoms with Gasteiger partial charge in [0.05, 0.1) is 7.11 Å². The first-order valence-corrected chi connectivity index (χ1v) is 6.38. The summed E-state index contributed by atoms with van der Waals surface area (Å²) in [6, 6.07) is 1.83. The van der Waals surface area contributed by atoms with Crippen LogP contribution in [0.25, 0.3) is 0 Å². The van der Waals surface area contributed by atoms with Crippen molar-refractivity contribution in [2.75, 3.05) is 30.4 Å². The second-order valence-electron chi connectivity index (χ2n) is 4.68. The first-order valence-electron chi connectivity index (χ1n) is 6.38. The molecule has 1 heterocycles. The maximum absolute atomic E-state index is 11.6. The third-order valence-corrected chi connectivity index (χ3v) is 2.88. The molecule has 0 aliphatic carbocycles. The Balaban J connectivity index is 2.91. The Morgan fingerprint density at radius 2 is 2.00 bits per heavy atom. The largest absolute Gasteiger partial charge is 0.467 e. The van der Waals surface area contributed by atoms with Crippen LogP contribution >= 0.6 is 0 Å². The summed E-state index contributed by atoms with van der Waals surface area (Å²) in [4.78, 5) is 22.1. The van der Waals surface area contributed by atoms with Gasteiger partial charge in [0.1, 0.15) is 23.5 Å². The van der Waals surface area contributed by atoms with Crippen LogP contribution in [0.1, 0.15) is 27.7 Å². The molecule has 1 aromatic heterocycles. The highest BCUT2D eigenvalue weighted by Crippen LogP contribution is 2.18. The van der Waals surface area contributed by atoms with E-state index in [9.17, 15) is 4.79 Å². The molecule has 0 saturated heterocycles. The third kappa shape index (κ3) is 3.81. The number of carbonyl (C=O) groups excluding carboxylic acids is 1. The molecule has 106 valence electrons. The SMILES string of the molecule is CCN(CC)c1cc(NC(C)(C)C(=O)OC)ncn1. The van der Waals surface area contributed by atoms with Gasteiger partial charge < -0.3 is 15.0 Å². The molecule has 19 heavy (non-hydrogen) atoms. The van der Waals surface area contributed by atoms with E-state index in [0.29, 0.717) is 5.82 Å². The summed E-state index contributed by atoms with van der Waals surface area (Å²) in [5.41, 5.74) is -0.830. The number of ether oxygens (including phenoxy) is 1. The number of hydrogen-bond donors (Lipinski definition) is 1. The molecule has 0 radical (unpaired) electrons. The van der Waals surface area contributed by atoms with E-state index in [0.717, 1.165) is 18.9 Å². The summed E-state index contributed by atoms with van der Waals surface area (Å²) in [5, 5.41) is 3.06. The Bertz CT molecular complexity index is 430. The number of nitrogens with zero attached hydrogens (tertiary/aromatic N) is 3. The van der Waals surface area contributed by atoms with Gasteiger partial charge in [0.2, 0.25) is 0 Å². The average Bonchev–Trinajstić information content (AvgIpc) is 2.39. The normalized spacial score (nSPS) is 11.0. The lowest BCUT2D eigenvalue weighted by Gasteiger charge is -2.25. The molecule has 0 fully saturated rings. The van der Waals surface area contributed by atoms with Crippen molar-refractivity contribution in [3.63, 3.8) is 0 Å². The standard InChI is InChI=1S/C13H22N4O2/c1-6-17(7-2)11-8-10(14-9-15-11)16-13(3,4)12(18)19-5/h8-9H,6-7H2,1-5H3,(H,14,15,16). The van der Waals surface area contributed by atoms with Gasteiger partial charge >= 0.3 is 5.97 Å². The summed E-state index contributed by atoms with van der Waals surface area (Å²) in [7, 11) is 1.37. The van der Waals surface area contributed by atoms with Gasteiger partial charge in [-0.15, -0.1) is 0 Å². The second kappa shape index (κ2) is 6.36. The zero-order valence-corrected chi connectivity index (χ0v) is 12.2. The highest BCUT2D eigenvalue weighted by Gasteiger charge is 2.28. The molecule has 6 nitrogen and oxygen atoms in total. The summed E-state index contributed by atoms with van der Waals surface area (Å²) in [6.07, 6.45) is 1.49. The molecule has 0 aliphatic heterocycles.